The van der Waals surface area contributed by atoms with Gasteiger partial charge in [0.25, 0.3) is 5.91 Å². The molecule has 2 aromatic carbocycles. The topological polar surface area (TPSA) is 84.2 Å². The van der Waals surface area contributed by atoms with Gasteiger partial charge in [0.05, 0.1) is 5.56 Å². The molecule has 0 unspecified atom stereocenters. The van der Waals surface area contributed by atoms with Crippen molar-refractivity contribution in [2.24, 2.45) is 0 Å². The van der Waals surface area contributed by atoms with Gasteiger partial charge in [-0.25, -0.2) is 4.79 Å². The number of benzene rings is 2. The fourth-order valence-electron chi connectivity index (χ4n) is 2.11. The first-order chi connectivity index (χ1) is 10.6. The number of carbonyl (C=O) groups is 2. The van der Waals surface area contributed by atoms with Crippen LogP contribution in [0, 0.1) is 6.92 Å². The highest BCUT2D eigenvalue weighted by Gasteiger charge is 2.11. The lowest BCUT2D eigenvalue weighted by Crippen LogP contribution is -2.40. The zero-order valence-corrected chi connectivity index (χ0v) is 12.4. The van der Waals surface area contributed by atoms with Gasteiger partial charge in [-0.2, -0.15) is 0 Å². The summed E-state index contributed by atoms with van der Waals surface area (Å²) in [6.45, 7) is 2.47. The van der Waals surface area contributed by atoms with Crippen molar-refractivity contribution in [2.75, 3.05) is 12.3 Å². The molecule has 4 N–H and O–H groups in total. The number of carbonyl (C=O) groups excluding carboxylic acids is 2. The van der Waals surface area contributed by atoms with Gasteiger partial charge < -0.3 is 11.1 Å². The van der Waals surface area contributed by atoms with Gasteiger partial charge in [-0.1, -0.05) is 42.0 Å². The smallest absolute Gasteiger partial charge is 0.321 e. The number of nitrogens with two attached hydrogens (primary N) is 1. The van der Waals surface area contributed by atoms with Gasteiger partial charge in [-0.15, -0.1) is 0 Å². The summed E-state index contributed by atoms with van der Waals surface area (Å²) in [6, 6.07) is 14.2. The van der Waals surface area contributed by atoms with Crippen LogP contribution in [0.3, 0.4) is 0 Å². The highest BCUT2D eigenvalue weighted by Crippen LogP contribution is 2.09. The molecular formula is C17H19N3O2. The average Bonchev–Trinajstić information content (AvgIpc) is 2.47. The maximum absolute atomic E-state index is 11.9. The highest BCUT2D eigenvalue weighted by atomic mass is 16.2. The molecule has 0 spiro atoms. The lowest BCUT2D eigenvalue weighted by molar-refractivity contribution is 0.0965. The summed E-state index contributed by atoms with van der Waals surface area (Å²) in [5.74, 6) is -0.508. The molecule has 0 aliphatic carbocycles. The zero-order chi connectivity index (χ0) is 15.9. The number of amides is 3. The van der Waals surface area contributed by atoms with E-state index >= 15 is 0 Å². The standard InChI is InChI=1S/C17H19N3O2/c1-12-5-4-6-13(11-12)9-10-19-17(22)20-16(21)14-7-2-3-8-15(14)18/h2-8,11H,9-10,18H2,1H3,(H2,19,20,21,22). The number of imide groups is 1. The Balaban J connectivity index is 1.81. The maximum atomic E-state index is 11.9. The number of para-hydroxylation sites is 1. The monoisotopic (exact) mass is 297 g/mol. The number of rotatable bonds is 4. The van der Waals surface area contributed by atoms with E-state index in [0.717, 1.165) is 5.56 Å². The summed E-state index contributed by atoms with van der Waals surface area (Å²) in [5, 5.41) is 4.92. The number of nitrogen functional groups attached to an aromatic ring is 1. The van der Waals surface area contributed by atoms with E-state index in [1.54, 1.807) is 24.3 Å². The molecule has 0 atom stereocenters. The molecule has 5 nitrogen and oxygen atoms in total. The second kappa shape index (κ2) is 7.26. The summed E-state index contributed by atoms with van der Waals surface area (Å²) >= 11 is 0. The maximum Gasteiger partial charge on any atom is 0.321 e. The van der Waals surface area contributed by atoms with Crippen molar-refractivity contribution in [3.8, 4) is 0 Å². The van der Waals surface area contributed by atoms with Gasteiger partial charge in [0.2, 0.25) is 0 Å². The van der Waals surface area contributed by atoms with Gasteiger partial charge in [0, 0.05) is 12.2 Å². The minimum atomic E-state index is -0.527. The van der Waals surface area contributed by atoms with Crippen molar-refractivity contribution in [3.63, 3.8) is 0 Å². The molecule has 0 bridgehead atoms. The van der Waals surface area contributed by atoms with Crippen LogP contribution in [0.1, 0.15) is 21.5 Å². The van der Waals surface area contributed by atoms with E-state index in [-0.39, 0.29) is 5.56 Å². The van der Waals surface area contributed by atoms with E-state index in [4.69, 9.17) is 5.73 Å². The summed E-state index contributed by atoms with van der Waals surface area (Å²) < 4.78 is 0. The van der Waals surface area contributed by atoms with Crippen LogP contribution < -0.4 is 16.4 Å². The Morgan fingerprint density at radius 1 is 1.09 bits per heavy atom. The predicted molar refractivity (Wildman–Crippen MR) is 86.6 cm³/mol. The second-order valence-corrected chi connectivity index (χ2v) is 5.04. The van der Waals surface area contributed by atoms with E-state index in [0.29, 0.717) is 18.7 Å². The molecule has 3 amide bonds. The van der Waals surface area contributed by atoms with Gasteiger partial charge in [-0.3, -0.25) is 10.1 Å². The van der Waals surface area contributed by atoms with Crippen molar-refractivity contribution in [2.45, 2.75) is 13.3 Å². The van der Waals surface area contributed by atoms with Gasteiger partial charge in [-0.05, 0) is 31.0 Å². The third-order valence-electron chi connectivity index (χ3n) is 3.21. The molecule has 0 saturated carbocycles. The van der Waals surface area contributed by atoms with Gasteiger partial charge in [0.1, 0.15) is 0 Å². The van der Waals surface area contributed by atoms with Gasteiger partial charge >= 0.3 is 6.03 Å². The van der Waals surface area contributed by atoms with E-state index in [2.05, 4.69) is 16.7 Å². The molecule has 22 heavy (non-hydrogen) atoms. The summed E-state index contributed by atoms with van der Waals surface area (Å²) in [6.07, 6.45) is 0.705. The lowest BCUT2D eigenvalue weighted by Gasteiger charge is -2.08. The quantitative estimate of drug-likeness (QED) is 0.757. The zero-order valence-electron chi connectivity index (χ0n) is 12.4. The molecule has 0 aromatic heterocycles. The fourth-order valence-corrected chi connectivity index (χ4v) is 2.11. The largest absolute Gasteiger partial charge is 0.398 e. The van der Waals surface area contributed by atoms with Crippen LogP contribution >= 0.6 is 0 Å². The molecule has 2 rings (SSSR count). The van der Waals surface area contributed by atoms with Crippen LogP contribution in [0.25, 0.3) is 0 Å². The molecule has 2 aromatic rings. The summed E-state index contributed by atoms with van der Waals surface area (Å²) in [5.41, 5.74) is 8.64. The lowest BCUT2D eigenvalue weighted by atomic mass is 10.1. The number of nitrogens with one attached hydrogen (secondary N) is 2. The van der Waals surface area contributed by atoms with Crippen LogP contribution in [0.4, 0.5) is 10.5 Å². The van der Waals surface area contributed by atoms with Crippen molar-refractivity contribution in [1.82, 2.24) is 10.6 Å². The van der Waals surface area contributed by atoms with Crippen LogP contribution in [0.5, 0.6) is 0 Å². The van der Waals surface area contributed by atoms with Crippen LogP contribution in [0.2, 0.25) is 0 Å². The number of hydrogen-bond donors (Lipinski definition) is 3. The van der Waals surface area contributed by atoms with Crippen molar-refractivity contribution < 1.29 is 9.59 Å². The first-order valence-electron chi connectivity index (χ1n) is 7.05. The minimum absolute atomic E-state index is 0.288. The third kappa shape index (κ3) is 4.34. The first kappa shape index (κ1) is 15.6. The van der Waals surface area contributed by atoms with Crippen LogP contribution in [-0.2, 0) is 6.42 Å². The molecule has 0 aliphatic heterocycles. The molecule has 0 fully saturated rings. The summed E-state index contributed by atoms with van der Waals surface area (Å²) in [7, 11) is 0. The minimum Gasteiger partial charge on any atom is -0.398 e. The Morgan fingerprint density at radius 2 is 1.86 bits per heavy atom. The van der Waals surface area contributed by atoms with Crippen molar-refractivity contribution in [3.05, 3.63) is 65.2 Å². The fraction of sp³-hybridized carbons (Fsp3) is 0.176. The van der Waals surface area contributed by atoms with E-state index in [9.17, 15) is 9.59 Å². The van der Waals surface area contributed by atoms with Crippen LogP contribution in [-0.4, -0.2) is 18.5 Å². The van der Waals surface area contributed by atoms with Crippen molar-refractivity contribution in [1.29, 1.82) is 0 Å². The predicted octanol–water partition coefficient (Wildman–Crippen LogP) is 2.26. The Bertz CT molecular complexity index is 683. The normalized spacial score (nSPS) is 10.0. The Morgan fingerprint density at radius 3 is 2.59 bits per heavy atom. The molecule has 5 heteroatoms. The third-order valence-corrected chi connectivity index (χ3v) is 3.21. The van der Waals surface area contributed by atoms with E-state index in [1.165, 1.54) is 5.56 Å². The van der Waals surface area contributed by atoms with E-state index in [1.807, 2.05) is 25.1 Å². The van der Waals surface area contributed by atoms with Crippen molar-refractivity contribution >= 4 is 17.6 Å². The molecular weight excluding hydrogens is 278 g/mol. The van der Waals surface area contributed by atoms with E-state index < -0.39 is 11.9 Å². The number of hydrogen-bond acceptors (Lipinski definition) is 3. The second-order valence-electron chi connectivity index (χ2n) is 5.04. The summed E-state index contributed by atoms with van der Waals surface area (Å²) in [4.78, 5) is 23.6. The van der Waals surface area contributed by atoms with Gasteiger partial charge in [0.15, 0.2) is 0 Å². The highest BCUT2D eigenvalue weighted by molar-refractivity contribution is 6.07. The number of aryl methyl sites for hydroxylation is 1. The Kier molecular flexibility index (Phi) is 5.14. The molecule has 0 saturated heterocycles. The van der Waals surface area contributed by atoms with Crippen LogP contribution in [0.15, 0.2) is 48.5 Å². The number of urea groups is 1. The Labute approximate surface area is 129 Å². The average molecular weight is 297 g/mol. The molecule has 0 radical (unpaired) electrons. The molecule has 0 heterocycles. The Hall–Kier alpha value is -2.82. The number of anilines is 1. The molecule has 0 aliphatic rings. The molecule has 114 valence electrons. The first-order valence-corrected chi connectivity index (χ1v) is 7.05. The SMILES string of the molecule is Cc1cccc(CCNC(=O)NC(=O)c2ccccc2N)c1.